The number of rotatable bonds is 5. The highest BCUT2D eigenvalue weighted by molar-refractivity contribution is 5.98. The Hall–Kier alpha value is -3.87. The van der Waals surface area contributed by atoms with E-state index < -0.39 is 5.91 Å². The third-order valence-electron chi connectivity index (χ3n) is 5.89. The molecule has 0 bridgehead atoms. The van der Waals surface area contributed by atoms with E-state index in [9.17, 15) is 14.4 Å². The summed E-state index contributed by atoms with van der Waals surface area (Å²) < 4.78 is 0. The zero-order valence-electron chi connectivity index (χ0n) is 17.9. The number of hydrogen-bond acceptors (Lipinski definition) is 3. The number of nitrogens with two attached hydrogens (primary N) is 1. The number of aromatic amines is 1. The Balaban J connectivity index is 1.37. The van der Waals surface area contributed by atoms with Gasteiger partial charge in [0.25, 0.3) is 0 Å². The fraction of sp³-hybridized carbons (Fsp3) is 0.240. The summed E-state index contributed by atoms with van der Waals surface area (Å²) in [5, 5.41) is 3.74. The van der Waals surface area contributed by atoms with Crippen LogP contribution in [0.25, 0.3) is 17.0 Å². The Morgan fingerprint density at radius 2 is 1.81 bits per heavy atom. The maximum Gasteiger partial charge on any atom is 0.248 e. The van der Waals surface area contributed by atoms with Gasteiger partial charge in [-0.05, 0) is 66.3 Å². The molecule has 1 saturated heterocycles. The standard InChI is InChI=1S/C25H26N4O3/c1-16(30)28-20-6-2-17(3-7-20)4-9-24(31)29-12-10-18(11-13-29)22-15-27-23-8-5-19(25(26)32)14-21(22)23/h2-9,14-15,18,27H,10-13H2,1H3,(H2,26,32)(H,28,30)/b9-4+. The van der Waals surface area contributed by atoms with Crippen LogP contribution in [0.15, 0.2) is 54.7 Å². The molecule has 4 rings (SSSR count). The molecule has 0 spiro atoms. The van der Waals surface area contributed by atoms with E-state index in [0.29, 0.717) is 24.6 Å². The van der Waals surface area contributed by atoms with E-state index in [1.54, 1.807) is 18.2 Å². The lowest BCUT2D eigenvalue weighted by Gasteiger charge is -2.31. The summed E-state index contributed by atoms with van der Waals surface area (Å²) >= 11 is 0. The molecule has 0 aliphatic carbocycles. The van der Waals surface area contributed by atoms with Crippen LogP contribution in [0.4, 0.5) is 5.69 Å². The number of primary amides is 1. The van der Waals surface area contributed by atoms with Gasteiger partial charge in [0.1, 0.15) is 0 Å². The molecule has 32 heavy (non-hydrogen) atoms. The number of likely N-dealkylation sites (tertiary alicyclic amines) is 1. The number of piperidine rings is 1. The number of H-pyrrole nitrogens is 1. The van der Waals surface area contributed by atoms with Crippen molar-refractivity contribution in [3.8, 4) is 0 Å². The van der Waals surface area contributed by atoms with E-state index in [-0.39, 0.29) is 11.8 Å². The van der Waals surface area contributed by atoms with Crippen LogP contribution in [-0.2, 0) is 9.59 Å². The van der Waals surface area contributed by atoms with E-state index in [1.807, 2.05) is 47.5 Å². The summed E-state index contributed by atoms with van der Waals surface area (Å²) in [7, 11) is 0. The molecule has 4 N–H and O–H groups in total. The van der Waals surface area contributed by atoms with E-state index in [0.717, 1.165) is 35.0 Å². The molecule has 1 aliphatic rings. The van der Waals surface area contributed by atoms with Gasteiger partial charge in [-0.2, -0.15) is 0 Å². The Morgan fingerprint density at radius 1 is 1.09 bits per heavy atom. The van der Waals surface area contributed by atoms with Crippen LogP contribution < -0.4 is 11.1 Å². The van der Waals surface area contributed by atoms with E-state index in [2.05, 4.69) is 10.3 Å². The average Bonchev–Trinajstić information content (AvgIpc) is 3.21. The largest absolute Gasteiger partial charge is 0.366 e. The summed E-state index contributed by atoms with van der Waals surface area (Å²) in [5.41, 5.74) is 9.71. The number of fused-ring (bicyclic) bond motifs is 1. The lowest BCUT2D eigenvalue weighted by atomic mass is 9.89. The molecule has 3 aromatic rings. The molecular weight excluding hydrogens is 404 g/mol. The molecule has 1 aromatic heterocycles. The molecule has 2 heterocycles. The molecule has 0 saturated carbocycles. The fourth-order valence-corrected chi connectivity index (χ4v) is 4.20. The second kappa shape index (κ2) is 9.09. The molecule has 0 unspecified atom stereocenters. The fourth-order valence-electron chi connectivity index (χ4n) is 4.20. The quantitative estimate of drug-likeness (QED) is 0.538. The van der Waals surface area contributed by atoms with Crippen LogP contribution in [0.5, 0.6) is 0 Å². The highest BCUT2D eigenvalue weighted by atomic mass is 16.2. The van der Waals surface area contributed by atoms with Crippen LogP contribution in [0.1, 0.15) is 47.2 Å². The van der Waals surface area contributed by atoms with Crippen molar-refractivity contribution in [2.24, 2.45) is 5.73 Å². The summed E-state index contributed by atoms with van der Waals surface area (Å²) in [6.07, 6.45) is 7.11. The Labute approximate surface area is 186 Å². The minimum atomic E-state index is -0.434. The van der Waals surface area contributed by atoms with Gasteiger partial charge in [0.15, 0.2) is 0 Å². The average molecular weight is 431 g/mol. The molecule has 0 atom stereocenters. The van der Waals surface area contributed by atoms with Crippen LogP contribution in [-0.4, -0.2) is 40.7 Å². The van der Waals surface area contributed by atoms with Gasteiger partial charge < -0.3 is 20.9 Å². The first-order chi connectivity index (χ1) is 15.4. The van der Waals surface area contributed by atoms with E-state index >= 15 is 0 Å². The number of anilines is 1. The van der Waals surface area contributed by atoms with Gasteiger partial charge >= 0.3 is 0 Å². The topological polar surface area (TPSA) is 108 Å². The maximum atomic E-state index is 12.6. The van der Waals surface area contributed by atoms with Crippen molar-refractivity contribution in [3.63, 3.8) is 0 Å². The highest BCUT2D eigenvalue weighted by Crippen LogP contribution is 2.33. The first-order valence-electron chi connectivity index (χ1n) is 10.7. The SMILES string of the molecule is CC(=O)Nc1ccc(/C=C/C(=O)N2CCC(c3c[nH]c4ccc(C(N)=O)cc34)CC2)cc1. The van der Waals surface area contributed by atoms with Crippen molar-refractivity contribution in [3.05, 3.63) is 71.4 Å². The predicted molar refractivity (Wildman–Crippen MR) is 125 cm³/mol. The second-order valence-corrected chi connectivity index (χ2v) is 8.10. The number of carbonyl (C=O) groups is 3. The van der Waals surface area contributed by atoms with Crippen molar-refractivity contribution < 1.29 is 14.4 Å². The van der Waals surface area contributed by atoms with Crippen molar-refractivity contribution >= 4 is 40.4 Å². The molecule has 1 fully saturated rings. The van der Waals surface area contributed by atoms with Gasteiger partial charge in [-0.3, -0.25) is 14.4 Å². The second-order valence-electron chi connectivity index (χ2n) is 8.10. The number of aromatic nitrogens is 1. The molecule has 164 valence electrons. The van der Waals surface area contributed by atoms with Crippen LogP contribution >= 0.6 is 0 Å². The Bertz CT molecular complexity index is 1190. The Morgan fingerprint density at radius 3 is 2.47 bits per heavy atom. The molecule has 2 aromatic carbocycles. The van der Waals surface area contributed by atoms with Gasteiger partial charge in [0, 0.05) is 54.4 Å². The van der Waals surface area contributed by atoms with Crippen molar-refractivity contribution in [1.29, 1.82) is 0 Å². The number of nitrogens with one attached hydrogen (secondary N) is 2. The number of carbonyl (C=O) groups excluding carboxylic acids is 3. The van der Waals surface area contributed by atoms with Crippen molar-refractivity contribution in [2.75, 3.05) is 18.4 Å². The molecule has 1 aliphatic heterocycles. The number of hydrogen-bond donors (Lipinski definition) is 3. The number of benzene rings is 2. The van der Waals surface area contributed by atoms with Gasteiger partial charge in [-0.15, -0.1) is 0 Å². The third-order valence-corrected chi connectivity index (χ3v) is 5.89. The van der Waals surface area contributed by atoms with Crippen LogP contribution in [0.2, 0.25) is 0 Å². The minimum Gasteiger partial charge on any atom is -0.366 e. The molecule has 7 nitrogen and oxygen atoms in total. The first kappa shape index (κ1) is 21.4. The maximum absolute atomic E-state index is 12.6. The third kappa shape index (κ3) is 4.72. The first-order valence-corrected chi connectivity index (χ1v) is 10.7. The molecular formula is C25H26N4O3. The molecule has 0 radical (unpaired) electrons. The van der Waals surface area contributed by atoms with E-state index in [1.165, 1.54) is 12.5 Å². The van der Waals surface area contributed by atoms with Crippen LogP contribution in [0, 0.1) is 0 Å². The zero-order valence-corrected chi connectivity index (χ0v) is 17.9. The molecule has 7 heteroatoms. The normalized spacial score (nSPS) is 14.7. The monoisotopic (exact) mass is 430 g/mol. The highest BCUT2D eigenvalue weighted by Gasteiger charge is 2.24. The van der Waals surface area contributed by atoms with Gasteiger partial charge in [0.2, 0.25) is 17.7 Å². The van der Waals surface area contributed by atoms with Gasteiger partial charge in [-0.25, -0.2) is 0 Å². The molecule has 3 amide bonds. The predicted octanol–water partition coefficient (Wildman–Crippen LogP) is 3.64. The van der Waals surface area contributed by atoms with Gasteiger partial charge in [-0.1, -0.05) is 12.1 Å². The smallest absolute Gasteiger partial charge is 0.248 e. The Kier molecular flexibility index (Phi) is 6.07. The van der Waals surface area contributed by atoms with Crippen LogP contribution in [0.3, 0.4) is 0 Å². The summed E-state index contributed by atoms with van der Waals surface area (Å²) in [4.78, 5) is 40.4. The number of amides is 3. The lowest BCUT2D eigenvalue weighted by Crippen LogP contribution is -2.36. The van der Waals surface area contributed by atoms with Crippen molar-refractivity contribution in [2.45, 2.75) is 25.7 Å². The minimum absolute atomic E-state index is 0.00988. The summed E-state index contributed by atoms with van der Waals surface area (Å²) in [6, 6.07) is 12.8. The zero-order chi connectivity index (χ0) is 22.7. The van der Waals surface area contributed by atoms with Crippen molar-refractivity contribution in [1.82, 2.24) is 9.88 Å². The van der Waals surface area contributed by atoms with E-state index in [4.69, 9.17) is 5.73 Å². The number of nitrogens with zero attached hydrogens (tertiary/aromatic N) is 1. The summed E-state index contributed by atoms with van der Waals surface area (Å²) in [5.74, 6) is -0.241. The summed E-state index contributed by atoms with van der Waals surface area (Å²) in [6.45, 7) is 2.82. The lowest BCUT2D eigenvalue weighted by molar-refractivity contribution is -0.127. The van der Waals surface area contributed by atoms with Gasteiger partial charge in [0.05, 0.1) is 0 Å².